The van der Waals surface area contributed by atoms with Crippen molar-refractivity contribution in [3.05, 3.63) is 86.4 Å². The van der Waals surface area contributed by atoms with Crippen LogP contribution in [0.2, 0.25) is 0 Å². The first-order valence-electron chi connectivity index (χ1n) is 23.8. The van der Waals surface area contributed by atoms with Crippen LogP contribution >= 0.6 is 11.3 Å². The van der Waals surface area contributed by atoms with Gasteiger partial charge >= 0.3 is 0 Å². The third-order valence-electron chi connectivity index (χ3n) is 12.2. The van der Waals surface area contributed by atoms with Crippen LogP contribution in [0.25, 0.3) is 11.0 Å². The Kier molecular flexibility index (Phi) is 18.9. The molecule has 1 aliphatic heterocycles. The number of Topliss-reactive ketones (excluding diaryl/α,β-unsaturated/α-hetero) is 1. The Morgan fingerprint density at radius 3 is 2.11 bits per heavy atom. The molecule has 1 aliphatic carbocycles. The van der Waals surface area contributed by atoms with Gasteiger partial charge < -0.3 is 39.8 Å². The van der Waals surface area contributed by atoms with Gasteiger partial charge in [-0.15, -0.1) is 11.3 Å². The molecule has 2 aliphatic rings. The van der Waals surface area contributed by atoms with Crippen LogP contribution in [0.1, 0.15) is 81.9 Å². The number of nitrogens with one attached hydrogen (secondary N) is 4. The van der Waals surface area contributed by atoms with Crippen molar-refractivity contribution >= 4 is 74.1 Å². The average molecular weight is 982 g/mol. The second-order valence-corrected chi connectivity index (χ2v) is 18.4. The van der Waals surface area contributed by atoms with E-state index in [0.29, 0.717) is 104 Å². The summed E-state index contributed by atoms with van der Waals surface area (Å²) < 4.78 is 23.9. The number of rotatable bonds is 25. The van der Waals surface area contributed by atoms with Crippen LogP contribution in [0.3, 0.4) is 0 Å². The van der Waals surface area contributed by atoms with E-state index in [0.717, 1.165) is 68.1 Å². The van der Waals surface area contributed by atoms with Gasteiger partial charge in [0.05, 0.1) is 100 Å². The van der Waals surface area contributed by atoms with Crippen molar-refractivity contribution in [2.45, 2.75) is 65.8 Å². The van der Waals surface area contributed by atoms with Crippen LogP contribution in [0.4, 0.5) is 28.3 Å². The molecule has 70 heavy (non-hydrogen) atoms. The number of carbonyl (C=O) groups excluding carboxylic acids is 4. The van der Waals surface area contributed by atoms with Crippen LogP contribution in [0.5, 0.6) is 0 Å². The summed E-state index contributed by atoms with van der Waals surface area (Å²) in [5, 5.41) is 12.9. The van der Waals surface area contributed by atoms with Gasteiger partial charge in [-0.1, -0.05) is 25.0 Å². The largest absolute Gasteiger partial charge is 0.379 e. The Labute approximate surface area is 410 Å². The Balaban J connectivity index is 0.692. The number of ether oxygens (including phenoxy) is 4. The van der Waals surface area contributed by atoms with Crippen LogP contribution in [-0.4, -0.2) is 145 Å². The van der Waals surface area contributed by atoms with E-state index >= 15 is 0 Å². The molecule has 0 spiro atoms. The number of hydrogen-bond donors (Lipinski definition) is 4. The number of pyridine rings is 2. The first kappa shape index (κ1) is 51.6. The molecular formula is C49H63N11O9S. The number of aromatic nitrogens is 5. The lowest BCUT2D eigenvalue weighted by atomic mass is 10.0. The second-order valence-electron chi connectivity index (χ2n) is 17.1. The van der Waals surface area contributed by atoms with Crippen LogP contribution in [-0.2, 0) is 28.5 Å². The number of benzene rings is 1. The lowest BCUT2D eigenvalue weighted by Gasteiger charge is -2.35. The van der Waals surface area contributed by atoms with E-state index in [2.05, 4.69) is 46.0 Å². The number of carbonyl (C=O) groups is 4. The Morgan fingerprint density at radius 2 is 1.46 bits per heavy atom. The van der Waals surface area contributed by atoms with Crippen molar-refractivity contribution in [2.75, 3.05) is 113 Å². The Hall–Kier alpha value is -6.23. The molecule has 1 saturated carbocycles. The second kappa shape index (κ2) is 25.6. The average Bonchev–Trinajstić information content (AvgIpc) is 3.99. The molecule has 3 amide bonds. The number of amides is 3. The van der Waals surface area contributed by atoms with Gasteiger partial charge in [0.2, 0.25) is 17.8 Å². The monoisotopic (exact) mass is 981 g/mol. The minimum Gasteiger partial charge on any atom is -0.379 e. The molecule has 0 atom stereocenters. The SMILES string of the molecule is CC(=O)c1c(C)c2cnc(Nc3ccc(N4CCN(CC(=O)NCCOCCOCCOCCOCCC(=O)Nc5ccccc5C(=O)Nc5nc(C)c(C)s5)CC4)cn3)nc2n(C2CCCC2)c1=O. The van der Waals surface area contributed by atoms with E-state index in [4.69, 9.17) is 23.9 Å². The van der Waals surface area contributed by atoms with Gasteiger partial charge in [-0.25, -0.2) is 15.0 Å². The van der Waals surface area contributed by atoms with Crippen molar-refractivity contribution in [2.24, 2.45) is 0 Å². The maximum atomic E-state index is 13.6. The van der Waals surface area contributed by atoms with E-state index in [9.17, 15) is 24.0 Å². The van der Waals surface area contributed by atoms with Crippen molar-refractivity contribution in [1.29, 1.82) is 0 Å². The molecule has 4 aromatic heterocycles. The number of hydrogen-bond acceptors (Lipinski definition) is 17. The standard InChI is InChI=1S/C49H63N11O9S/c1-32-39-30-52-48(56-45(39)60(36-9-5-6-10-36)47(65)44(32)34(3)61)55-41-14-13-37(29-51-41)59-19-17-58(18-20-59)31-43(63)50-16-22-67-24-26-69-28-27-68-25-23-66-21-15-42(62)54-40-12-8-7-11-38(40)46(64)57-49-53-33(2)35(4)70-49/h7-8,11-14,29-30,36H,5-6,9-10,15-28,31H2,1-4H3,(H,50,63)(H,54,62)(H,53,57,64)(H,51,52,55,56). The highest BCUT2D eigenvalue weighted by molar-refractivity contribution is 7.15. The van der Waals surface area contributed by atoms with Gasteiger partial charge in [0.15, 0.2) is 10.9 Å². The molecule has 1 aromatic carbocycles. The summed E-state index contributed by atoms with van der Waals surface area (Å²) in [5.41, 5.74) is 3.62. The summed E-state index contributed by atoms with van der Waals surface area (Å²) in [6.07, 6.45) is 7.39. The molecule has 4 N–H and O–H groups in total. The van der Waals surface area contributed by atoms with Crippen LogP contribution in [0.15, 0.2) is 53.6 Å². The predicted octanol–water partition coefficient (Wildman–Crippen LogP) is 5.22. The van der Waals surface area contributed by atoms with Crippen LogP contribution < -0.4 is 31.7 Å². The van der Waals surface area contributed by atoms with E-state index < -0.39 is 0 Å². The van der Waals surface area contributed by atoms with Gasteiger partial charge in [-0.05, 0) is 70.4 Å². The van der Waals surface area contributed by atoms with Crippen molar-refractivity contribution in [1.82, 2.24) is 34.7 Å². The van der Waals surface area contributed by atoms with Gasteiger partial charge in [0.1, 0.15) is 11.5 Å². The summed E-state index contributed by atoms with van der Waals surface area (Å²) in [6, 6.07) is 10.7. The van der Waals surface area contributed by atoms with Gasteiger partial charge in [0, 0.05) is 55.2 Å². The molecule has 20 nitrogen and oxygen atoms in total. The van der Waals surface area contributed by atoms with E-state index in [1.165, 1.54) is 18.3 Å². The third kappa shape index (κ3) is 14.2. The first-order chi connectivity index (χ1) is 33.9. The third-order valence-corrected chi connectivity index (χ3v) is 13.2. The zero-order valence-corrected chi connectivity index (χ0v) is 41.2. The molecule has 21 heteroatoms. The lowest BCUT2D eigenvalue weighted by Crippen LogP contribution is -2.49. The molecule has 0 radical (unpaired) electrons. The zero-order chi connectivity index (χ0) is 49.4. The summed E-state index contributed by atoms with van der Waals surface area (Å²) in [7, 11) is 0. The molecule has 0 bridgehead atoms. The van der Waals surface area contributed by atoms with E-state index in [1.807, 2.05) is 26.0 Å². The fourth-order valence-electron chi connectivity index (χ4n) is 8.38. The molecular weight excluding hydrogens is 919 g/mol. The fourth-order valence-corrected chi connectivity index (χ4v) is 9.19. The number of thiazole rings is 1. The summed E-state index contributed by atoms with van der Waals surface area (Å²) in [5.74, 6) is -0.0480. The smallest absolute Gasteiger partial charge is 0.263 e. The molecule has 7 rings (SSSR count). The van der Waals surface area contributed by atoms with Gasteiger partial charge in [-0.3, -0.25) is 38.8 Å². The summed E-state index contributed by atoms with van der Waals surface area (Å²) in [6.45, 7) is 13.5. The minimum absolute atomic E-state index is 0.00522. The van der Waals surface area contributed by atoms with Crippen LogP contribution in [0, 0.1) is 20.8 Å². The number of ketones is 1. The number of anilines is 5. The number of aryl methyl sites for hydroxylation is 3. The van der Waals surface area contributed by atoms with Crippen molar-refractivity contribution in [3.63, 3.8) is 0 Å². The Morgan fingerprint density at radius 1 is 0.771 bits per heavy atom. The van der Waals surface area contributed by atoms with Crippen molar-refractivity contribution < 1.29 is 38.1 Å². The highest BCUT2D eigenvalue weighted by Crippen LogP contribution is 2.32. The lowest BCUT2D eigenvalue weighted by molar-refractivity contribution is -0.122. The normalized spacial score (nSPS) is 14.3. The number of fused-ring (bicyclic) bond motifs is 1. The summed E-state index contributed by atoms with van der Waals surface area (Å²) >= 11 is 1.40. The Bertz CT molecular complexity index is 2630. The maximum Gasteiger partial charge on any atom is 0.263 e. The molecule has 2 fully saturated rings. The molecule has 374 valence electrons. The molecule has 5 heterocycles. The predicted molar refractivity (Wildman–Crippen MR) is 268 cm³/mol. The topological polar surface area (TPSA) is 233 Å². The fraction of sp³-hybridized carbons (Fsp3) is 0.490. The zero-order valence-electron chi connectivity index (χ0n) is 40.3. The number of piperazine rings is 1. The summed E-state index contributed by atoms with van der Waals surface area (Å²) in [4.78, 5) is 87.7. The highest BCUT2D eigenvalue weighted by Gasteiger charge is 2.26. The number of para-hydroxylation sites is 1. The van der Waals surface area contributed by atoms with E-state index in [-0.39, 0.29) is 53.7 Å². The highest BCUT2D eigenvalue weighted by atomic mass is 32.1. The first-order valence-corrected chi connectivity index (χ1v) is 24.6. The maximum absolute atomic E-state index is 13.6. The van der Waals surface area contributed by atoms with Crippen molar-refractivity contribution in [3.8, 4) is 0 Å². The van der Waals surface area contributed by atoms with Gasteiger partial charge in [0.25, 0.3) is 11.5 Å². The van der Waals surface area contributed by atoms with Gasteiger partial charge in [-0.2, -0.15) is 4.98 Å². The molecule has 0 unspecified atom stereocenters. The number of nitrogens with zero attached hydrogens (tertiary/aromatic N) is 7. The minimum atomic E-state index is -0.349. The molecule has 1 saturated heterocycles. The quantitative estimate of drug-likeness (QED) is 0.0434. The molecule has 5 aromatic rings. The van der Waals surface area contributed by atoms with E-state index in [1.54, 1.807) is 48.1 Å².